The Hall–Kier alpha value is -1.59. The summed E-state index contributed by atoms with van der Waals surface area (Å²) in [5, 5.41) is 3.13. The van der Waals surface area contributed by atoms with Crippen molar-refractivity contribution >= 4 is 6.03 Å². The molecule has 1 aromatic carbocycles. The van der Waals surface area contributed by atoms with Gasteiger partial charge in [0.1, 0.15) is 0 Å². The first-order valence-electron chi connectivity index (χ1n) is 9.57. The molecule has 25 heavy (non-hydrogen) atoms. The quantitative estimate of drug-likeness (QED) is 0.860. The highest BCUT2D eigenvalue weighted by atomic mass is 16.5. The maximum Gasteiger partial charge on any atom is 0.317 e. The molecule has 2 amide bonds. The third-order valence-electron chi connectivity index (χ3n) is 5.22. The number of rotatable bonds is 6. The molecule has 1 N–H and O–H groups in total. The number of urea groups is 1. The van der Waals surface area contributed by atoms with Crippen molar-refractivity contribution in [2.45, 2.75) is 19.8 Å². The Balaban J connectivity index is 1.35. The number of nitrogens with one attached hydrogen (secondary N) is 1. The van der Waals surface area contributed by atoms with Crippen molar-refractivity contribution in [2.75, 3.05) is 52.5 Å². The fourth-order valence-corrected chi connectivity index (χ4v) is 3.79. The molecule has 0 bridgehead atoms. The summed E-state index contributed by atoms with van der Waals surface area (Å²) in [5.41, 5.74) is 1.37. The van der Waals surface area contributed by atoms with Crippen molar-refractivity contribution in [3.63, 3.8) is 0 Å². The van der Waals surface area contributed by atoms with Crippen LogP contribution in [0.5, 0.6) is 0 Å². The van der Waals surface area contributed by atoms with Crippen LogP contribution < -0.4 is 5.32 Å². The van der Waals surface area contributed by atoms with Crippen molar-refractivity contribution in [3.05, 3.63) is 35.9 Å². The number of carbonyl (C=O) groups is 1. The molecule has 138 valence electrons. The number of hydrogen-bond acceptors (Lipinski definition) is 3. The van der Waals surface area contributed by atoms with E-state index in [1.54, 1.807) is 0 Å². The average molecular weight is 345 g/mol. The summed E-state index contributed by atoms with van der Waals surface area (Å²) in [4.78, 5) is 16.8. The minimum atomic E-state index is 0.101. The highest BCUT2D eigenvalue weighted by Gasteiger charge is 2.26. The van der Waals surface area contributed by atoms with Gasteiger partial charge in [-0.25, -0.2) is 4.79 Å². The smallest absolute Gasteiger partial charge is 0.317 e. The van der Waals surface area contributed by atoms with Gasteiger partial charge < -0.3 is 15.0 Å². The molecule has 0 spiro atoms. The lowest BCUT2D eigenvalue weighted by atomic mass is 9.99. The first-order chi connectivity index (χ1) is 12.2. The second-order valence-corrected chi connectivity index (χ2v) is 7.49. The van der Waals surface area contributed by atoms with E-state index in [-0.39, 0.29) is 6.03 Å². The molecule has 5 nitrogen and oxygen atoms in total. The van der Waals surface area contributed by atoms with E-state index in [9.17, 15) is 4.79 Å². The number of amides is 2. The monoisotopic (exact) mass is 345 g/mol. The molecule has 2 heterocycles. The molecule has 2 fully saturated rings. The van der Waals surface area contributed by atoms with Gasteiger partial charge in [0.25, 0.3) is 0 Å². The van der Waals surface area contributed by atoms with Crippen LogP contribution in [0.15, 0.2) is 30.3 Å². The molecule has 0 aliphatic carbocycles. The number of morpholine rings is 1. The van der Waals surface area contributed by atoms with Crippen LogP contribution >= 0.6 is 0 Å². The second-order valence-electron chi connectivity index (χ2n) is 7.49. The third kappa shape index (κ3) is 5.72. The molecule has 3 rings (SSSR count). The molecular weight excluding hydrogens is 314 g/mol. The van der Waals surface area contributed by atoms with Gasteiger partial charge in [0.15, 0.2) is 0 Å². The van der Waals surface area contributed by atoms with Crippen molar-refractivity contribution in [1.29, 1.82) is 0 Å². The van der Waals surface area contributed by atoms with E-state index in [2.05, 4.69) is 47.5 Å². The Bertz CT molecular complexity index is 531. The van der Waals surface area contributed by atoms with Crippen LogP contribution in [-0.4, -0.2) is 68.3 Å². The van der Waals surface area contributed by atoms with Crippen LogP contribution in [0.3, 0.4) is 0 Å². The topological polar surface area (TPSA) is 44.8 Å². The van der Waals surface area contributed by atoms with Gasteiger partial charge in [0, 0.05) is 39.3 Å². The Morgan fingerprint density at radius 1 is 1.24 bits per heavy atom. The van der Waals surface area contributed by atoms with E-state index in [1.165, 1.54) is 5.56 Å². The van der Waals surface area contributed by atoms with Gasteiger partial charge in [-0.05, 0) is 30.2 Å². The van der Waals surface area contributed by atoms with Gasteiger partial charge in [-0.3, -0.25) is 4.90 Å². The van der Waals surface area contributed by atoms with Crippen molar-refractivity contribution in [1.82, 2.24) is 15.1 Å². The number of benzene rings is 1. The van der Waals surface area contributed by atoms with Crippen LogP contribution in [0.25, 0.3) is 0 Å². The van der Waals surface area contributed by atoms with Gasteiger partial charge >= 0.3 is 6.03 Å². The first-order valence-corrected chi connectivity index (χ1v) is 9.57. The zero-order valence-electron chi connectivity index (χ0n) is 15.3. The van der Waals surface area contributed by atoms with Crippen molar-refractivity contribution < 1.29 is 9.53 Å². The average Bonchev–Trinajstić information content (AvgIpc) is 3.10. The predicted octanol–water partition coefficient (Wildman–Crippen LogP) is 2.23. The molecular formula is C20H31N3O2. The molecule has 5 heteroatoms. The summed E-state index contributed by atoms with van der Waals surface area (Å²) < 4.78 is 5.38. The first kappa shape index (κ1) is 18.2. The highest BCUT2D eigenvalue weighted by Crippen LogP contribution is 2.20. The zero-order valence-corrected chi connectivity index (χ0v) is 15.3. The fourth-order valence-electron chi connectivity index (χ4n) is 3.79. The Morgan fingerprint density at radius 2 is 2.00 bits per heavy atom. The second kappa shape index (κ2) is 9.20. The maximum absolute atomic E-state index is 12.4. The van der Waals surface area contributed by atoms with Gasteiger partial charge in [0.2, 0.25) is 0 Å². The van der Waals surface area contributed by atoms with Crippen LogP contribution in [0.1, 0.15) is 18.9 Å². The molecule has 0 radical (unpaired) electrons. The van der Waals surface area contributed by atoms with E-state index < -0.39 is 0 Å². The normalized spacial score (nSPS) is 22.8. The molecule has 2 saturated heterocycles. The summed E-state index contributed by atoms with van der Waals surface area (Å²) in [7, 11) is 0. The molecule has 1 aromatic rings. The minimum absolute atomic E-state index is 0.101. The Kier molecular flexibility index (Phi) is 6.70. The molecule has 0 saturated carbocycles. The van der Waals surface area contributed by atoms with Gasteiger partial charge in [-0.1, -0.05) is 37.3 Å². The summed E-state index contributed by atoms with van der Waals surface area (Å²) in [5.74, 6) is 1.05. The van der Waals surface area contributed by atoms with Gasteiger partial charge in [-0.15, -0.1) is 0 Å². The lowest BCUT2D eigenvalue weighted by molar-refractivity contribution is 0.0319. The van der Waals surface area contributed by atoms with E-state index >= 15 is 0 Å². The van der Waals surface area contributed by atoms with Gasteiger partial charge in [0.05, 0.1) is 13.2 Å². The molecule has 2 atom stereocenters. The largest absolute Gasteiger partial charge is 0.379 e. The number of nitrogens with zero attached hydrogens (tertiary/aromatic N) is 2. The SMILES string of the molecule is CC(CNC(=O)N1CCC(Cc2ccccc2)C1)CN1CCOCC1. The lowest BCUT2D eigenvalue weighted by Gasteiger charge is -2.29. The maximum atomic E-state index is 12.4. The standard InChI is InChI=1S/C20H31N3O2/c1-17(15-22-9-11-25-12-10-22)14-21-20(24)23-8-7-19(16-23)13-18-5-3-2-4-6-18/h2-6,17,19H,7-16H2,1H3,(H,21,24). The van der Waals surface area contributed by atoms with E-state index in [4.69, 9.17) is 4.74 Å². The van der Waals surface area contributed by atoms with Crippen molar-refractivity contribution in [2.24, 2.45) is 11.8 Å². The molecule has 2 aliphatic heterocycles. The highest BCUT2D eigenvalue weighted by molar-refractivity contribution is 5.74. The summed E-state index contributed by atoms with van der Waals surface area (Å²) in [6.45, 7) is 9.40. The summed E-state index contributed by atoms with van der Waals surface area (Å²) in [6, 6.07) is 10.7. The van der Waals surface area contributed by atoms with Crippen molar-refractivity contribution in [3.8, 4) is 0 Å². The molecule has 0 aromatic heterocycles. The number of carbonyl (C=O) groups excluding carboxylic acids is 1. The number of likely N-dealkylation sites (tertiary alicyclic amines) is 1. The minimum Gasteiger partial charge on any atom is -0.379 e. The van der Waals surface area contributed by atoms with E-state index in [0.717, 1.165) is 65.3 Å². The molecule has 2 unspecified atom stereocenters. The van der Waals surface area contributed by atoms with Crippen LogP contribution in [0.4, 0.5) is 4.79 Å². The molecule has 2 aliphatic rings. The predicted molar refractivity (Wildman–Crippen MR) is 99.6 cm³/mol. The number of ether oxygens (including phenoxy) is 1. The third-order valence-corrected chi connectivity index (χ3v) is 5.22. The summed E-state index contributed by atoms with van der Waals surface area (Å²) >= 11 is 0. The summed E-state index contributed by atoms with van der Waals surface area (Å²) in [6.07, 6.45) is 2.17. The number of hydrogen-bond donors (Lipinski definition) is 1. The lowest BCUT2D eigenvalue weighted by Crippen LogP contribution is -2.44. The van der Waals surface area contributed by atoms with Crippen LogP contribution in [0, 0.1) is 11.8 Å². The van der Waals surface area contributed by atoms with Crippen LogP contribution in [-0.2, 0) is 11.2 Å². The van der Waals surface area contributed by atoms with Crippen LogP contribution in [0.2, 0.25) is 0 Å². The zero-order chi connectivity index (χ0) is 17.5. The Labute approximate surface area is 151 Å². The van der Waals surface area contributed by atoms with Gasteiger partial charge in [-0.2, -0.15) is 0 Å². The Morgan fingerprint density at radius 3 is 2.76 bits per heavy atom. The fraction of sp³-hybridized carbons (Fsp3) is 0.650. The van der Waals surface area contributed by atoms with E-state index in [0.29, 0.717) is 11.8 Å². The van der Waals surface area contributed by atoms with E-state index in [1.807, 2.05) is 4.90 Å².